The van der Waals surface area contributed by atoms with E-state index in [0.717, 1.165) is 0 Å². The monoisotopic (exact) mass is 218 g/mol. The van der Waals surface area contributed by atoms with Gasteiger partial charge < -0.3 is 18.9 Å². The van der Waals surface area contributed by atoms with Crippen LogP contribution in [0.15, 0.2) is 0 Å². The summed E-state index contributed by atoms with van der Waals surface area (Å²) < 4.78 is 18.5. The van der Waals surface area contributed by atoms with E-state index in [1.807, 2.05) is 13.8 Å². The van der Waals surface area contributed by atoms with E-state index in [-0.39, 0.29) is 0 Å². The molecule has 6 heteroatoms. The zero-order valence-corrected chi connectivity index (χ0v) is 9.10. The van der Waals surface area contributed by atoms with Gasteiger partial charge in [0.15, 0.2) is 12.2 Å². The van der Waals surface area contributed by atoms with Gasteiger partial charge in [-0.05, 0) is 0 Å². The highest BCUT2D eigenvalue weighted by molar-refractivity contribution is 5.62. The maximum Gasteiger partial charge on any atom is 0.508 e. The number of hydrogen-bond donors (Lipinski definition) is 0. The van der Waals surface area contributed by atoms with Crippen molar-refractivity contribution in [2.24, 2.45) is 5.41 Å². The van der Waals surface area contributed by atoms with Crippen LogP contribution in [-0.2, 0) is 18.9 Å². The van der Waals surface area contributed by atoms with Crippen molar-refractivity contribution in [2.45, 2.75) is 26.1 Å². The molecule has 0 aromatic heterocycles. The highest BCUT2D eigenvalue weighted by Gasteiger charge is 2.65. The third kappa shape index (κ3) is 2.31. The minimum atomic E-state index is -0.788. The molecule has 1 saturated carbocycles. The summed E-state index contributed by atoms with van der Waals surface area (Å²) in [6, 6.07) is 0. The number of hydrogen-bond acceptors (Lipinski definition) is 6. The van der Waals surface area contributed by atoms with Crippen LogP contribution in [-0.4, -0.2) is 38.7 Å². The van der Waals surface area contributed by atoms with Crippen LogP contribution in [0.5, 0.6) is 0 Å². The predicted octanol–water partition coefficient (Wildman–Crippen LogP) is 1.33. The van der Waals surface area contributed by atoms with Gasteiger partial charge in [-0.3, -0.25) is 0 Å². The van der Waals surface area contributed by atoms with Crippen LogP contribution >= 0.6 is 0 Å². The Balaban J connectivity index is 2.48. The average molecular weight is 218 g/mol. The van der Waals surface area contributed by atoms with E-state index >= 15 is 0 Å². The molecule has 0 aliphatic heterocycles. The number of rotatable bonds is 2. The largest absolute Gasteiger partial charge is 0.508 e. The first-order valence-electron chi connectivity index (χ1n) is 4.42. The van der Waals surface area contributed by atoms with Gasteiger partial charge in [-0.15, -0.1) is 0 Å². The first kappa shape index (κ1) is 11.6. The molecule has 0 saturated heterocycles. The van der Waals surface area contributed by atoms with Crippen molar-refractivity contribution < 1.29 is 28.5 Å². The third-order valence-corrected chi connectivity index (χ3v) is 2.41. The van der Waals surface area contributed by atoms with Gasteiger partial charge in [0.25, 0.3) is 0 Å². The first-order valence-corrected chi connectivity index (χ1v) is 4.42. The Bertz CT molecular complexity index is 246. The van der Waals surface area contributed by atoms with E-state index in [2.05, 4.69) is 9.47 Å². The lowest BCUT2D eigenvalue weighted by molar-refractivity contribution is 0.0297. The molecule has 2 unspecified atom stereocenters. The van der Waals surface area contributed by atoms with Crippen molar-refractivity contribution in [3.8, 4) is 0 Å². The summed E-state index contributed by atoms with van der Waals surface area (Å²) in [5.74, 6) is 0. The summed E-state index contributed by atoms with van der Waals surface area (Å²) in [4.78, 5) is 21.7. The van der Waals surface area contributed by atoms with E-state index in [0.29, 0.717) is 0 Å². The van der Waals surface area contributed by atoms with E-state index in [1.165, 1.54) is 14.2 Å². The minimum Gasteiger partial charge on any atom is -0.438 e. The molecule has 0 spiro atoms. The van der Waals surface area contributed by atoms with Gasteiger partial charge >= 0.3 is 12.3 Å². The average Bonchev–Trinajstić information content (AvgIpc) is 2.68. The lowest BCUT2D eigenvalue weighted by Gasteiger charge is -2.02. The van der Waals surface area contributed by atoms with Crippen LogP contribution in [0.1, 0.15) is 13.8 Å². The fourth-order valence-corrected chi connectivity index (χ4v) is 1.28. The van der Waals surface area contributed by atoms with E-state index in [4.69, 9.17) is 9.47 Å². The number of carbonyl (C=O) groups excluding carboxylic acids is 2. The Morgan fingerprint density at radius 2 is 1.27 bits per heavy atom. The Kier molecular flexibility index (Phi) is 3.06. The normalized spacial score (nSPS) is 26.4. The quantitative estimate of drug-likeness (QED) is 0.651. The Morgan fingerprint density at radius 1 is 0.933 bits per heavy atom. The molecule has 1 aliphatic carbocycles. The fourth-order valence-electron chi connectivity index (χ4n) is 1.28. The van der Waals surface area contributed by atoms with Gasteiger partial charge in [0, 0.05) is 5.41 Å². The van der Waals surface area contributed by atoms with Crippen molar-refractivity contribution in [1.82, 2.24) is 0 Å². The van der Waals surface area contributed by atoms with E-state index < -0.39 is 29.9 Å². The van der Waals surface area contributed by atoms with Gasteiger partial charge in [-0.1, -0.05) is 13.8 Å². The summed E-state index contributed by atoms with van der Waals surface area (Å²) in [6.45, 7) is 3.63. The van der Waals surface area contributed by atoms with Crippen LogP contribution in [0.4, 0.5) is 9.59 Å². The zero-order valence-electron chi connectivity index (χ0n) is 9.10. The third-order valence-electron chi connectivity index (χ3n) is 2.41. The lowest BCUT2D eigenvalue weighted by atomic mass is 10.2. The van der Waals surface area contributed by atoms with Crippen molar-refractivity contribution in [1.29, 1.82) is 0 Å². The molecular formula is C9H14O6. The van der Waals surface area contributed by atoms with Crippen molar-refractivity contribution in [2.75, 3.05) is 14.2 Å². The summed E-state index contributed by atoms with van der Waals surface area (Å²) >= 11 is 0. The fraction of sp³-hybridized carbons (Fsp3) is 0.778. The maximum atomic E-state index is 10.8. The Morgan fingerprint density at radius 3 is 1.53 bits per heavy atom. The summed E-state index contributed by atoms with van der Waals surface area (Å²) in [7, 11) is 2.43. The van der Waals surface area contributed by atoms with Crippen molar-refractivity contribution in [3.63, 3.8) is 0 Å². The summed E-state index contributed by atoms with van der Waals surface area (Å²) in [5, 5.41) is 0. The molecule has 0 heterocycles. The van der Waals surface area contributed by atoms with Crippen LogP contribution in [0, 0.1) is 5.41 Å². The highest BCUT2D eigenvalue weighted by Crippen LogP contribution is 2.50. The molecule has 15 heavy (non-hydrogen) atoms. The van der Waals surface area contributed by atoms with Crippen LogP contribution in [0.3, 0.4) is 0 Å². The second-order valence-corrected chi connectivity index (χ2v) is 3.81. The first-order chi connectivity index (χ1) is 6.93. The topological polar surface area (TPSA) is 71.1 Å². The molecule has 1 aliphatic rings. The number of carbonyl (C=O) groups is 2. The van der Waals surface area contributed by atoms with Gasteiger partial charge in [0.1, 0.15) is 0 Å². The van der Waals surface area contributed by atoms with Crippen molar-refractivity contribution >= 4 is 12.3 Å². The molecule has 6 nitrogen and oxygen atoms in total. The molecule has 0 aromatic rings. The van der Waals surface area contributed by atoms with Gasteiger partial charge in [0.2, 0.25) is 0 Å². The van der Waals surface area contributed by atoms with Gasteiger partial charge in [-0.25, -0.2) is 9.59 Å². The van der Waals surface area contributed by atoms with Gasteiger partial charge in [0.05, 0.1) is 14.2 Å². The van der Waals surface area contributed by atoms with E-state index in [1.54, 1.807) is 0 Å². The number of ether oxygens (including phenoxy) is 4. The van der Waals surface area contributed by atoms with Crippen LogP contribution < -0.4 is 0 Å². The minimum absolute atomic E-state index is 0.400. The molecule has 0 radical (unpaired) electrons. The van der Waals surface area contributed by atoms with Crippen LogP contribution in [0.25, 0.3) is 0 Å². The molecule has 0 N–H and O–H groups in total. The predicted molar refractivity (Wildman–Crippen MR) is 48.3 cm³/mol. The zero-order chi connectivity index (χ0) is 11.6. The molecule has 0 aromatic carbocycles. The second kappa shape index (κ2) is 3.96. The Hall–Kier alpha value is -1.46. The molecule has 1 rings (SSSR count). The second-order valence-electron chi connectivity index (χ2n) is 3.81. The van der Waals surface area contributed by atoms with Crippen molar-refractivity contribution in [3.05, 3.63) is 0 Å². The summed E-state index contributed by atoms with van der Waals surface area (Å²) in [5.41, 5.74) is -0.400. The standard InChI is InChI=1S/C9H14O6/c1-9(2)5(14-7(10)12-3)6(9)15-8(11)13-4/h5-6H,1-4H3. The van der Waals surface area contributed by atoms with E-state index in [9.17, 15) is 9.59 Å². The molecule has 2 atom stereocenters. The molecule has 0 amide bonds. The van der Waals surface area contributed by atoms with Gasteiger partial charge in [-0.2, -0.15) is 0 Å². The molecule has 86 valence electrons. The molecular weight excluding hydrogens is 204 g/mol. The Labute approximate surface area is 87.4 Å². The molecule has 1 fully saturated rings. The number of methoxy groups -OCH3 is 2. The smallest absolute Gasteiger partial charge is 0.438 e. The highest BCUT2D eigenvalue weighted by atomic mass is 16.8. The maximum absolute atomic E-state index is 10.8. The molecule has 0 bridgehead atoms. The van der Waals surface area contributed by atoms with Crippen LogP contribution in [0.2, 0.25) is 0 Å². The lowest BCUT2D eigenvalue weighted by Crippen LogP contribution is -2.13. The summed E-state index contributed by atoms with van der Waals surface area (Å²) in [6.07, 6.45) is -2.54. The SMILES string of the molecule is COC(=O)OC1C(OC(=O)OC)C1(C)C.